The summed E-state index contributed by atoms with van der Waals surface area (Å²) in [6.45, 7) is 7.58. The van der Waals surface area contributed by atoms with Crippen molar-refractivity contribution in [2.24, 2.45) is 14.1 Å². The second-order valence-electron chi connectivity index (χ2n) is 8.10. The molecule has 9 nitrogen and oxygen atoms in total. The Morgan fingerprint density at radius 1 is 1.21 bits per heavy atom. The van der Waals surface area contributed by atoms with Gasteiger partial charge in [0.05, 0.1) is 0 Å². The maximum absolute atomic E-state index is 12.1. The zero-order valence-electron chi connectivity index (χ0n) is 17.6. The molecule has 0 saturated carbocycles. The van der Waals surface area contributed by atoms with Crippen LogP contribution in [0.1, 0.15) is 59.2 Å². The van der Waals surface area contributed by atoms with Crippen LogP contribution in [0.5, 0.6) is 0 Å². The molecule has 2 aromatic rings. The number of rotatable bonds is 7. The molecule has 0 aliphatic carbocycles. The molecule has 0 aliphatic heterocycles. The third-order valence-corrected chi connectivity index (χ3v) is 4.57. The van der Waals surface area contributed by atoms with Crippen molar-refractivity contribution in [1.82, 2.24) is 24.4 Å². The number of nitrogens with one attached hydrogen (secondary N) is 2. The fraction of sp³-hybridized carbons (Fsp3) is 0.684. The minimum Gasteiger partial charge on any atom is -0.444 e. The quantitative estimate of drug-likeness (QED) is 0.747. The summed E-state index contributed by atoms with van der Waals surface area (Å²) in [4.78, 5) is 42.9. The van der Waals surface area contributed by atoms with Crippen molar-refractivity contribution in [1.29, 1.82) is 0 Å². The van der Waals surface area contributed by atoms with Gasteiger partial charge in [-0.25, -0.2) is 14.6 Å². The van der Waals surface area contributed by atoms with E-state index in [0.29, 0.717) is 29.8 Å². The summed E-state index contributed by atoms with van der Waals surface area (Å²) < 4.78 is 8.40. The largest absolute Gasteiger partial charge is 0.444 e. The van der Waals surface area contributed by atoms with E-state index in [-0.39, 0.29) is 6.04 Å². The molecule has 0 bridgehead atoms. The van der Waals surface area contributed by atoms with Gasteiger partial charge < -0.3 is 14.6 Å². The number of aryl methyl sites for hydroxylation is 3. The lowest BCUT2D eigenvalue weighted by atomic mass is 10.0. The van der Waals surface area contributed by atoms with Gasteiger partial charge in [-0.05, 0) is 33.6 Å². The van der Waals surface area contributed by atoms with E-state index >= 15 is 0 Å². The first-order chi connectivity index (χ1) is 13.0. The molecule has 2 N–H and O–H groups in total. The number of ether oxygens (including phenoxy) is 1. The van der Waals surface area contributed by atoms with Crippen molar-refractivity contribution >= 4 is 17.3 Å². The van der Waals surface area contributed by atoms with Crippen LogP contribution in [0.15, 0.2) is 9.59 Å². The van der Waals surface area contributed by atoms with Crippen LogP contribution in [0.4, 0.5) is 4.79 Å². The minimum absolute atomic E-state index is 0.0586. The highest BCUT2D eigenvalue weighted by molar-refractivity contribution is 5.70. The zero-order valence-corrected chi connectivity index (χ0v) is 17.6. The van der Waals surface area contributed by atoms with Crippen molar-refractivity contribution in [3.63, 3.8) is 0 Å². The molecule has 2 rings (SSSR count). The third-order valence-electron chi connectivity index (χ3n) is 4.57. The Kier molecular flexibility index (Phi) is 6.69. The number of carbonyl (C=O) groups excluding carboxylic acids is 1. The summed E-state index contributed by atoms with van der Waals surface area (Å²) in [7, 11) is 3.33. The molecule has 1 amide bonds. The summed E-state index contributed by atoms with van der Waals surface area (Å²) in [5, 5.41) is 2.94. The lowest BCUT2D eigenvalue weighted by Gasteiger charge is -2.23. The number of H-pyrrole nitrogens is 1. The van der Waals surface area contributed by atoms with Gasteiger partial charge in [-0.1, -0.05) is 19.8 Å². The number of hydrogen-bond donors (Lipinski definition) is 2. The van der Waals surface area contributed by atoms with Crippen molar-refractivity contribution < 1.29 is 9.53 Å². The van der Waals surface area contributed by atoms with Gasteiger partial charge in [0.15, 0.2) is 11.2 Å². The minimum atomic E-state index is -0.553. The van der Waals surface area contributed by atoms with E-state index in [0.717, 1.165) is 19.3 Å². The van der Waals surface area contributed by atoms with Crippen molar-refractivity contribution in [2.45, 2.75) is 71.4 Å². The predicted octanol–water partition coefficient (Wildman–Crippen LogP) is 1.98. The first kappa shape index (κ1) is 21.7. The first-order valence-corrected chi connectivity index (χ1v) is 9.67. The maximum atomic E-state index is 12.1. The van der Waals surface area contributed by atoms with Crippen LogP contribution in [-0.4, -0.2) is 36.8 Å². The van der Waals surface area contributed by atoms with Gasteiger partial charge in [-0.3, -0.25) is 14.3 Å². The molecule has 1 atom stereocenters. The number of aromatic nitrogens is 4. The number of unbranched alkanes of at least 4 members (excludes halogenated alkanes) is 1. The van der Waals surface area contributed by atoms with E-state index in [4.69, 9.17) is 4.74 Å². The molecule has 2 heterocycles. The molecule has 0 saturated heterocycles. The van der Waals surface area contributed by atoms with Crippen LogP contribution in [0.2, 0.25) is 0 Å². The molecule has 9 heteroatoms. The fourth-order valence-electron chi connectivity index (χ4n) is 3.09. The summed E-state index contributed by atoms with van der Waals surface area (Å²) in [6, 6.07) is -0.0586. The molecule has 0 spiro atoms. The average Bonchev–Trinajstić information content (AvgIpc) is 2.91. The van der Waals surface area contributed by atoms with Crippen LogP contribution in [0, 0.1) is 0 Å². The Morgan fingerprint density at radius 2 is 1.89 bits per heavy atom. The lowest BCUT2D eigenvalue weighted by molar-refractivity contribution is 0.0498. The average molecular weight is 393 g/mol. The van der Waals surface area contributed by atoms with Gasteiger partial charge in [-0.15, -0.1) is 0 Å². The first-order valence-electron chi connectivity index (χ1n) is 9.67. The standard InChI is InChI=1S/C19H31N5O4/c1-7-8-9-12(20-18(27)28-19(2,3)4)10-11-13-21-15-14(23(13)5)16(25)22-17(26)24(15)6/h12H,7-11H2,1-6H3,(H,20,27)(H,22,25,26). The Bertz CT molecular complexity index is 948. The Hall–Kier alpha value is -2.58. The van der Waals surface area contributed by atoms with Crippen molar-refractivity contribution in [3.05, 3.63) is 26.7 Å². The highest BCUT2D eigenvalue weighted by Gasteiger charge is 2.21. The molecule has 156 valence electrons. The van der Waals surface area contributed by atoms with Gasteiger partial charge in [-0.2, -0.15) is 0 Å². The van der Waals surface area contributed by atoms with E-state index in [1.807, 2.05) is 20.8 Å². The Labute approximate surface area is 164 Å². The number of imidazole rings is 1. The monoisotopic (exact) mass is 393 g/mol. The second kappa shape index (κ2) is 8.62. The molecule has 28 heavy (non-hydrogen) atoms. The summed E-state index contributed by atoms with van der Waals surface area (Å²) in [5.74, 6) is 0.689. The molecule has 1 unspecified atom stereocenters. The smallest absolute Gasteiger partial charge is 0.407 e. The number of alkyl carbamates (subject to hydrolysis) is 1. The number of nitrogens with zero attached hydrogens (tertiary/aromatic N) is 3. The van der Waals surface area contributed by atoms with Crippen LogP contribution < -0.4 is 16.6 Å². The zero-order chi connectivity index (χ0) is 21.1. The normalized spacial score (nSPS) is 12.9. The van der Waals surface area contributed by atoms with E-state index in [9.17, 15) is 14.4 Å². The Balaban J connectivity index is 2.18. The third kappa shape index (κ3) is 5.24. The SMILES string of the molecule is CCCCC(CCc1nc2c(c(=O)[nH]c(=O)n2C)n1C)NC(=O)OC(C)(C)C. The molecule has 0 radical (unpaired) electrons. The Morgan fingerprint density at radius 3 is 2.50 bits per heavy atom. The van der Waals surface area contributed by atoms with Crippen molar-refractivity contribution in [3.8, 4) is 0 Å². The predicted molar refractivity (Wildman–Crippen MR) is 108 cm³/mol. The lowest BCUT2D eigenvalue weighted by Crippen LogP contribution is -2.39. The maximum Gasteiger partial charge on any atom is 0.407 e. The van der Waals surface area contributed by atoms with Crippen LogP contribution >= 0.6 is 0 Å². The van der Waals surface area contributed by atoms with Crippen LogP contribution in [0.3, 0.4) is 0 Å². The van der Waals surface area contributed by atoms with Gasteiger partial charge in [0.25, 0.3) is 5.56 Å². The number of fused-ring (bicyclic) bond motifs is 1. The van der Waals surface area contributed by atoms with Gasteiger partial charge in [0.1, 0.15) is 11.4 Å². The summed E-state index contributed by atoms with van der Waals surface area (Å²) in [5.41, 5.74) is -0.773. The molecule has 0 fully saturated rings. The fourth-order valence-corrected chi connectivity index (χ4v) is 3.09. The topological polar surface area (TPSA) is 111 Å². The van der Waals surface area contributed by atoms with Gasteiger partial charge >= 0.3 is 11.8 Å². The van der Waals surface area contributed by atoms with E-state index in [2.05, 4.69) is 22.2 Å². The van der Waals surface area contributed by atoms with E-state index in [1.165, 1.54) is 4.57 Å². The van der Waals surface area contributed by atoms with E-state index < -0.39 is 22.9 Å². The van der Waals surface area contributed by atoms with Gasteiger partial charge in [0.2, 0.25) is 0 Å². The number of aromatic amines is 1. The highest BCUT2D eigenvalue weighted by atomic mass is 16.6. The number of carbonyl (C=O) groups is 1. The van der Waals surface area contributed by atoms with Crippen LogP contribution in [-0.2, 0) is 25.3 Å². The summed E-state index contributed by atoms with van der Waals surface area (Å²) >= 11 is 0. The molecule has 0 aromatic carbocycles. The molecule has 2 aromatic heterocycles. The number of hydrogen-bond acceptors (Lipinski definition) is 5. The number of amides is 1. The molecular formula is C19H31N5O4. The second-order valence-corrected chi connectivity index (χ2v) is 8.10. The molecule has 0 aliphatic rings. The highest BCUT2D eigenvalue weighted by Crippen LogP contribution is 2.14. The van der Waals surface area contributed by atoms with Crippen molar-refractivity contribution in [2.75, 3.05) is 0 Å². The van der Waals surface area contributed by atoms with Crippen LogP contribution in [0.25, 0.3) is 11.2 Å². The molecular weight excluding hydrogens is 362 g/mol. The van der Waals surface area contributed by atoms with E-state index in [1.54, 1.807) is 18.7 Å². The summed E-state index contributed by atoms with van der Waals surface area (Å²) in [6.07, 6.45) is 3.62. The van der Waals surface area contributed by atoms with Gasteiger partial charge in [0, 0.05) is 26.6 Å².